The van der Waals surface area contributed by atoms with Gasteiger partial charge >= 0.3 is 0 Å². The summed E-state index contributed by atoms with van der Waals surface area (Å²) < 4.78 is 19.0. The van der Waals surface area contributed by atoms with Gasteiger partial charge in [0.1, 0.15) is 18.2 Å². The van der Waals surface area contributed by atoms with Crippen molar-refractivity contribution in [3.05, 3.63) is 59.4 Å². The number of benzene rings is 2. The molecule has 3 N–H and O–H groups in total. The second kappa shape index (κ2) is 5.51. The van der Waals surface area contributed by atoms with Gasteiger partial charge in [-0.25, -0.2) is 4.39 Å². The first-order chi connectivity index (χ1) is 8.70. The van der Waals surface area contributed by atoms with Gasteiger partial charge in [0.2, 0.25) is 0 Å². The van der Waals surface area contributed by atoms with Crippen LogP contribution in [-0.2, 0) is 13.2 Å². The van der Waals surface area contributed by atoms with Gasteiger partial charge in [-0.3, -0.25) is 0 Å². The van der Waals surface area contributed by atoms with Gasteiger partial charge in [0.05, 0.1) is 6.61 Å². The van der Waals surface area contributed by atoms with Crippen molar-refractivity contribution < 1.29 is 14.2 Å². The average Bonchev–Trinajstić information content (AvgIpc) is 2.38. The van der Waals surface area contributed by atoms with E-state index in [4.69, 9.17) is 15.6 Å². The van der Waals surface area contributed by atoms with Crippen molar-refractivity contribution in [3.63, 3.8) is 0 Å². The standard InChI is InChI=1S/C14H14FNO2/c15-13-5-2-6-14(16)12(13)9-18-11-4-1-3-10(7-11)8-17/h1-7,17H,8-9,16H2. The smallest absolute Gasteiger partial charge is 0.131 e. The van der Waals surface area contributed by atoms with Crippen LogP contribution in [0.5, 0.6) is 5.75 Å². The second-order valence-corrected chi connectivity index (χ2v) is 3.90. The van der Waals surface area contributed by atoms with Gasteiger partial charge in [0, 0.05) is 11.3 Å². The van der Waals surface area contributed by atoms with Gasteiger partial charge in [-0.1, -0.05) is 18.2 Å². The highest BCUT2D eigenvalue weighted by Gasteiger charge is 2.06. The van der Waals surface area contributed by atoms with Crippen molar-refractivity contribution >= 4 is 5.69 Å². The summed E-state index contributed by atoms with van der Waals surface area (Å²) in [5.74, 6) is 0.192. The first-order valence-corrected chi connectivity index (χ1v) is 5.56. The lowest BCUT2D eigenvalue weighted by atomic mass is 10.2. The summed E-state index contributed by atoms with van der Waals surface area (Å²) in [6, 6.07) is 11.5. The fourth-order valence-electron chi connectivity index (χ4n) is 1.62. The summed E-state index contributed by atoms with van der Waals surface area (Å²) in [7, 11) is 0. The van der Waals surface area contributed by atoms with Crippen LogP contribution in [0.4, 0.5) is 10.1 Å². The van der Waals surface area contributed by atoms with Gasteiger partial charge in [-0.15, -0.1) is 0 Å². The van der Waals surface area contributed by atoms with Crippen molar-refractivity contribution in [3.8, 4) is 5.75 Å². The summed E-state index contributed by atoms with van der Waals surface area (Å²) in [5.41, 5.74) is 7.13. The minimum atomic E-state index is -0.381. The molecule has 0 aliphatic rings. The Hall–Kier alpha value is -2.07. The molecule has 2 aromatic carbocycles. The fourth-order valence-corrected chi connectivity index (χ4v) is 1.62. The second-order valence-electron chi connectivity index (χ2n) is 3.90. The zero-order valence-corrected chi connectivity index (χ0v) is 9.77. The van der Waals surface area contributed by atoms with E-state index in [1.165, 1.54) is 6.07 Å². The molecule has 0 aliphatic carbocycles. The van der Waals surface area contributed by atoms with Gasteiger partial charge in [0.25, 0.3) is 0 Å². The average molecular weight is 247 g/mol. The Bertz CT molecular complexity index is 523. The minimum Gasteiger partial charge on any atom is -0.489 e. The van der Waals surface area contributed by atoms with E-state index < -0.39 is 0 Å². The number of halogens is 1. The molecule has 0 aromatic heterocycles. The molecule has 0 amide bonds. The van der Waals surface area contributed by atoms with E-state index in [0.717, 1.165) is 5.56 Å². The number of ether oxygens (including phenoxy) is 1. The molecule has 0 radical (unpaired) electrons. The minimum absolute atomic E-state index is 0.0565. The summed E-state index contributed by atoms with van der Waals surface area (Å²) in [5, 5.41) is 9.00. The van der Waals surface area contributed by atoms with Gasteiger partial charge in [0.15, 0.2) is 0 Å². The molecule has 0 heterocycles. The summed E-state index contributed by atoms with van der Waals surface area (Å²) in [4.78, 5) is 0. The zero-order chi connectivity index (χ0) is 13.0. The summed E-state index contributed by atoms with van der Waals surface area (Å²) in [6.07, 6.45) is 0. The molecule has 0 fully saturated rings. The Morgan fingerprint density at radius 3 is 2.67 bits per heavy atom. The van der Waals surface area contributed by atoms with Crippen LogP contribution in [0, 0.1) is 5.82 Å². The highest BCUT2D eigenvalue weighted by molar-refractivity contribution is 5.47. The lowest BCUT2D eigenvalue weighted by Gasteiger charge is -2.10. The number of nitrogen functional groups attached to an aromatic ring is 1. The van der Waals surface area contributed by atoms with Crippen LogP contribution < -0.4 is 10.5 Å². The number of aliphatic hydroxyl groups is 1. The molecule has 18 heavy (non-hydrogen) atoms. The number of hydrogen-bond donors (Lipinski definition) is 2. The van der Waals surface area contributed by atoms with E-state index in [1.807, 2.05) is 0 Å². The lowest BCUT2D eigenvalue weighted by molar-refractivity contribution is 0.277. The maximum atomic E-state index is 13.5. The van der Waals surface area contributed by atoms with E-state index in [2.05, 4.69) is 0 Å². The summed E-state index contributed by atoms with van der Waals surface area (Å²) >= 11 is 0. The third kappa shape index (κ3) is 2.78. The van der Waals surface area contributed by atoms with Crippen LogP contribution in [0.1, 0.15) is 11.1 Å². The van der Waals surface area contributed by atoms with Crippen LogP contribution in [0.15, 0.2) is 42.5 Å². The molecule has 2 aromatic rings. The van der Waals surface area contributed by atoms with Crippen molar-refractivity contribution in [1.29, 1.82) is 0 Å². The van der Waals surface area contributed by atoms with E-state index in [0.29, 0.717) is 17.0 Å². The van der Waals surface area contributed by atoms with Crippen LogP contribution in [0.2, 0.25) is 0 Å². The Kier molecular flexibility index (Phi) is 3.79. The highest BCUT2D eigenvalue weighted by Crippen LogP contribution is 2.20. The predicted molar refractivity (Wildman–Crippen MR) is 67.5 cm³/mol. The van der Waals surface area contributed by atoms with Gasteiger partial charge in [-0.05, 0) is 29.8 Å². The molecular weight excluding hydrogens is 233 g/mol. The van der Waals surface area contributed by atoms with Crippen molar-refractivity contribution in [1.82, 2.24) is 0 Å². The quantitative estimate of drug-likeness (QED) is 0.816. The first-order valence-electron chi connectivity index (χ1n) is 5.56. The Morgan fingerprint density at radius 1 is 1.17 bits per heavy atom. The molecule has 0 bridgehead atoms. The molecular formula is C14H14FNO2. The molecule has 0 saturated carbocycles. The number of aliphatic hydroxyl groups excluding tert-OH is 1. The molecule has 0 saturated heterocycles. The largest absolute Gasteiger partial charge is 0.489 e. The molecule has 94 valence electrons. The molecule has 2 rings (SSSR count). The van der Waals surface area contributed by atoms with Crippen molar-refractivity contribution in [2.45, 2.75) is 13.2 Å². The fraction of sp³-hybridized carbons (Fsp3) is 0.143. The number of anilines is 1. The monoisotopic (exact) mass is 247 g/mol. The van der Waals surface area contributed by atoms with E-state index >= 15 is 0 Å². The molecule has 0 aliphatic heterocycles. The molecule has 0 spiro atoms. The van der Waals surface area contributed by atoms with E-state index in [1.54, 1.807) is 36.4 Å². The van der Waals surface area contributed by atoms with Gasteiger partial charge < -0.3 is 15.6 Å². The number of rotatable bonds is 4. The first kappa shape index (κ1) is 12.4. The predicted octanol–water partition coefficient (Wildman–Crippen LogP) is 2.48. The summed E-state index contributed by atoms with van der Waals surface area (Å²) in [6.45, 7) is 0.00637. The van der Waals surface area contributed by atoms with Crippen LogP contribution in [0.25, 0.3) is 0 Å². The zero-order valence-electron chi connectivity index (χ0n) is 9.77. The highest BCUT2D eigenvalue weighted by atomic mass is 19.1. The normalized spacial score (nSPS) is 10.3. The SMILES string of the molecule is Nc1cccc(F)c1COc1cccc(CO)c1. The van der Waals surface area contributed by atoms with Crippen LogP contribution in [-0.4, -0.2) is 5.11 Å². The number of nitrogens with two attached hydrogens (primary N) is 1. The number of hydrogen-bond acceptors (Lipinski definition) is 3. The maximum absolute atomic E-state index is 13.5. The van der Waals surface area contributed by atoms with Crippen molar-refractivity contribution in [2.75, 3.05) is 5.73 Å². The molecule has 0 unspecified atom stereocenters. The Morgan fingerprint density at radius 2 is 1.94 bits per heavy atom. The lowest BCUT2D eigenvalue weighted by Crippen LogP contribution is -2.03. The third-order valence-corrected chi connectivity index (χ3v) is 2.62. The maximum Gasteiger partial charge on any atom is 0.131 e. The molecule has 4 heteroatoms. The topological polar surface area (TPSA) is 55.5 Å². The Labute approximate surface area is 105 Å². The van der Waals surface area contributed by atoms with Crippen LogP contribution >= 0.6 is 0 Å². The molecule has 0 atom stereocenters. The van der Waals surface area contributed by atoms with Crippen molar-refractivity contribution in [2.24, 2.45) is 0 Å². The van der Waals surface area contributed by atoms with E-state index in [-0.39, 0.29) is 19.0 Å². The van der Waals surface area contributed by atoms with E-state index in [9.17, 15) is 4.39 Å². The van der Waals surface area contributed by atoms with Gasteiger partial charge in [-0.2, -0.15) is 0 Å². The molecule has 3 nitrogen and oxygen atoms in total. The van der Waals surface area contributed by atoms with Crippen LogP contribution in [0.3, 0.4) is 0 Å². The Balaban J connectivity index is 2.11. The third-order valence-electron chi connectivity index (χ3n) is 2.62.